The maximum absolute atomic E-state index is 12.2. The van der Waals surface area contributed by atoms with Crippen LogP contribution in [0, 0.1) is 0 Å². The molecule has 0 bridgehead atoms. The summed E-state index contributed by atoms with van der Waals surface area (Å²) in [4.78, 5) is 25.6. The molecule has 0 saturated carbocycles. The predicted octanol–water partition coefficient (Wildman–Crippen LogP) is 2.08. The third kappa shape index (κ3) is 5.16. The molecule has 0 aliphatic carbocycles. The summed E-state index contributed by atoms with van der Waals surface area (Å²) in [6, 6.07) is 4.98. The number of carbonyl (C=O) groups is 2. The number of carbonyl (C=O) groups excluding carboxylic acids is 2. The van der Waals surface area contributed by atoms with E-state index in [4.69, 9.17) is 9.47 Å². The van der Waals surface area contributed by atoms with Crippen molar-refractivity contribution in [3.63, 3.8) is 0 Å². The first kappa shape index (κ1) is 18.8. The molecule has 1 rings (SSSR count). The quantitative estimate of drug-likeness (QED) is 0.871. The fourth-order valence-electron chi connectivity index (χ4n) is 2.33. The molecule has 6 heteroatoms. The number of rotatable bonds is 6. The first-order valence-electron chi connectivity index (χ1n) is 7.49. The Labute approximate surface area is 137 Å². The van der Waals surface area contributed by atoms with E-state index in [0.717, 1.165) is 0 Å². The van der Waals surface area contributed by atoms with Crippen LogP contribution in [0.1, 0.15) is 38.1 Å². The van der Waals surface area contributed by atoms with Crippen LogP contribution >= 0.6 is 0 Å². The van der Waals surface area contributed by atoms with Crippen LogP contribution in [0.3, 0.4) is 0 Å². The second-order valence-corrected chi connectivity index (χ2v) is 6.17. The highest BCUT2D eigenvalue weighted by Gasteiger charge is 2.23. The second-order valence-electron chi connectivity index (χ2n) is 6.17. The zero-order valence-corrected chi connectivity index (χ0v) is 14.7. The Kier molecular flexibility index (Phi) is 6.42. The first-order valence-corrected chi connectivity index (χ1v) is 7.49. The van der Waals surface area contributed by atoms with Gasteiger partial charge in [0.15, 0.2) is 11.5 Å². The monoisotopic (exact) mass is 322 g/mol. The van der Waals surface area contributed by atoms with Crippen LogP contribution in [0.4, 0.5) is 0 Å². The molecule has 0 heterocycles. The molecule has 23 heavy (non-hydrogen) atoms. The smallest absolute Gasteiger partial charge is 0.251 e. The van der Waals surface area contributed by atoms with Crippen molar-refractivity contribution in [1.82, 2.24) is 10.2 Å². The molecular formula is C17H26N2O4. The van der Waals surface area contributed by atoms with E-state index in [1.807, 2.05) is 20.8 Å². The summed E-state index contributed by atoms with van der Waals surface area (Å²) >= 11 is 0. The van der Waals surface area contributed by atoms with Crippen molar-refractivity contribution in [2.24, 2.45) is 0 Å². The summed E-state index contributed by atoms with van der Waals surface area (Å²) in [5.41, 5.74) is 0.202. The van der Waals surface area contributed by atoms with Crippen LogP contribution in [0.25, 0.3) is 0 Å². The molecule has 6 nitrogen and oxygen atoms in total. The Morgan fingerprint density at radius 3 is 2.22 bits per heavy atom. The minimum Gasteiger partial charge on any atom is -0.493 e. The van der Waals surface area contributed by atoms with E-state index in [0.29, 0.717) is 30.2 Å². The molecule has 2 amide bonds. The Bertz CT molecular complexity index is 564. The van der Waals surface area contributed by atoms with E-state index in [9.17, 15) is 9.59 Å². The maximum atomic E-state index is 12.2. The number of nitrogens with one attached hydrogen (secondary N) is 1. The van der Waals surface area contributed by atoms with Gasteiger partial charge in [-0.3, -0.25) is 9.59 Å². The standard InChI is InChI=1S/C17H26N2O4/c1-12(20)19(17(2,3)4)10-9-18-16(21)13-7-8-14(22-5)15(11-13)23-6/h7-8,11H,9-10H2,1-6H3,(H,18,21). The number of amides is 2. The zero-order chi connectivity index (χ0) is 17.6. The molecule has 0 atom stereocenters. The van der Waals surface area contributed by atoms with Gasteiger partial charge in [-0.05, 0) is 39.0 Å². The van der Waals surface area contributed by atoms with E-state index in [2.05, 4.69) is 5.32 Å². The molecule has 0 spiro atoms. The fourth-order valence-corrected chi connectivity index (χ4v) is 2.33. The van der Waals surface area contributed by atoms with Crippen LogP contribution in [0.5, 0.6) is 11.5 Å². The summed E-state index contributed by atoms with van der Waals surface area (Å²) < 4.78 is 10.3. The number of ether oxygens (including phenoxy) is 2. The van der Waals surface area contributed by atoms with Gasteiger partial charge < -0.3 is 19.7 Å². The topological polar surface area (TPSA) is 67.9 Å². The number of hydrogen-bond donors (Lipinski definition) is 1. The van der Waals surface area contributed by atoms with E-state index in [-0.39, 0.29) is 17.4 Å². The molecule has 0 aliphatic rings. The minimum atomic E-state index is -0.278. The van der Waals surface area contributed by atoms with Crippen LogP contribution in [0.2, 0.25) is 0 Å². The average molecular weight is 322 g/mol. The lowest BCUT2D eigenvalue weighted by atomic mass is 10.1. The Hall–Kier alpha value is -2.24. The molecule has 0 aromatic heterocycles. The van der Waals surface area contributed by atoms with E-state index in [1.165, 1.54) is 14.0 Å². The SMILES string of the molecule is COc1ccc(C(=O)NCCN(C(C)=O)C(C)(C)C)cc1OC. The van der Waals surface area contributed by atoms with Crippen molar-refractivity contribution in [3.8, 4) is 11.5 Å². The molecule has 0 saturated heterocycles. The second kappa shape index (κ2) is 7.85. The lowest BCUT2D eigenvalue weighted by Crippen LogP contribution is -2.48. The molecule has 0 radical (unpaired) electrons. The molecule has 1 aromatic carbocycles. The first-order chi connectivity index (χ1) is 10.7. The molecule has 1 aromatic rings. The van der Waals surface area contributed by atoms with Crippen molar-refractivity contribution in [3.05, 3.63) is 23.8 Å². The third-order valence-corrected chi connectivity index (χ3v) is 3.46. The van der Waals surface area contributed by atoms with Gasteiger partial charge in [0.2, 0.25) is 5.91 Å². The number of hydrogen-bond acceptors (Lipinski definition) is 4. The predicted molar refractivity (Wildman–Crippen MR) is 89.0 cm³/mol. The van der Waals surface area contributed by atoms with Crippen LogP contribution < -0.4 is 14.8 Å². The maximum Gasteiger partial charge on any atom is 0.251 e. The van der Waals surface area contributed by atoms with Crippen molar-refractivity contribution >= 4 is 11.8 Å². The van der Waals surface area contributed by atoms with Crippen LogP contribution in [0.15, 0.2) is 18.2 Å². The molecular weight excluding hydrogens is 296 g/mol. The summed E-state index contributed by atoms with van der Waals surface area (Å²) in [7, 11) is 3.06. The van der Waals surface area contributed by atoms with Gasteiger partial charge in [0.05, 0.1) is 14.2 Å². The number of methoxy groups -OCH3 is 2. The highest BCUT2D eigenvalue weighted by molar-refractivity contribution is 5.94. The summed E-state index contributed by atoms with van der Waals surface area (Å²) in [6.07, 6.45) is 0. The van der Waals surface area contributed by atoms with Gasteiger partial charge in [0.25, 0.3) is 5.91 Å². The van der Waals surface area contributed by atoms with E-state index >= 15 is 0 Å². The highest BCUT2D eigenvalue weighted by Crippen LogP contribution is 2.27. The van der Waals surface area contributed by atoms with Gasteiger partial charge in [0, 0.05) is 31.1 Å². The third-order valence-electron chi connectivity index (χ3n) is 3.46. The largest absolute Gasteiger partial charge is 0.493 e. The molecule has 0 fully saturated rings. The Morgan fingerprint density at radius 2 is 1.74 bits per heavy atom. The molecule has 128 valence electrons. The highest BCUT2D eigenvalue weighted by atomic mass is 16.5. The normalized spacial score (nSPS) is 10.9. The number of benzene rings is 1. The Morgan fingerprint density at radius 1 is 1.13 bits per heavy atom. The van der Waals surface area contributed by atoms with Gasteiger partial charge >= 0.3 is 0 Å². The number of nitrogens with zero attached hydrogens (tertiary/aromatic N) is 1. The van der Waals surface area contributed by atoms with Crippen molar-refractivity contribution in [2.75, 3.05) is 27.3 Å². The molecule has 0 aliphatic heterocycles. The lowest BCUT2D eigenvalue weighted by Gasteiger charge is -2.35. The van der Waals surface area contributed by atoms with E-state index in [1.54, 1.807) is 30.2 Å². The lowest BCUT2D eigenvalue weighted by molar-refractivity contribution is -0.133. The van der Waals surface area contributed by atoms with E-state index < -0.39 is 0 Å². The van der Waals surface area contributed by atoms with Crippen LogP contribution in [-0.4, -0.2) is 49.6 Å². The Balaban J connectivity index is 2.68. The van der Waals surface area contributed by atoms with Gasteiger partial charge in [-0.2, -0.15) is 0 Å². The van der Waals surface area contributed by atoms with Crippen molar-refractivity contribution in [1.29, 1.82) is 0 Å². The van der Waals surface area contributed by atoms with Gasteiger partial charge in [-0.25, -0.2) is 0 Å². The zero-order valence-electron chi connectivity index (χ0n) is 14.7. The minimum absolute atomic E-state index is 0.0159. The summed E-state index contributed by atoms with van der Waals surface area (Å²) in [5, 5.41) is 2.82. The van der Waals surface area contributed by atoms with Gasteiger partial charge in [-0.15, -0.1) is 0 Å². The van der Waals surface area contributed by atoms with Crippen molar-refractivity contribution < 1.29 is 19.1 Å². The molecule has 1 N–H and O–H groups in total. The van der Waals surface area contributed by atoms with Gasteiger partial charge in [0.1, 0.15) is 0 Å². The fraction of sp³-hybridized carbons (Fsp3) is 0.529. The van der Waals surface area contributed by atoms with Crippen molar-refractivity contribution in [2.45, 2.75) is 33.2 Å². The average Bonchev–Trinajstić information content (AvgIpc) is 2.48. The summed E-state index contributed by atoms with van der Waals surface area (Å²) in [6.45, 7) is 8.25. The van der Waals surface area contributed by atoms with Crippen LogP contribution in [-0.2, 0) is 4.79 Å². The van der Waals surface area contributed by atoms with Gasteiger partial charge in [-0.1, -0.05) is 0 Å². The molecule has 0 unspecified atom stereocenters. The summed E-state index contributed by atoms with van der Waals surface area (Å²) in [5.74, 6) is 0.834.